The van der Waals surface area contributed by atoms with Crippen LogP contribution in [-0.2, 0) is 16.0 Å². The van der Waals surface area contributed by atoms with E-state index in [2.05, 4.69) is 39.7 Å². The third kappa shape index (κ3) is 8.80. The van der Waals surface area contributed by atoms with Crippen molar-refractivity contribution in [2.75, 3.05) is 33.7 Å². The van der Waals surface area contributed by atoms with Crippen molar-refractivity contribution in [3.05, 3.63) is 23.8 Å². The quantitative estimate of drug-likeness (QED) is 0.124. The molecule has 2 heterocycles. The molecule has 0 amide bonds. The summed E-state index contributed by atoms with van der Waals surface area (Å²) in [6.07, 6.45) is 6.06. The van der Waals surface area contributed by atoms with Crippen molar-refractivity contribution >= 4 is 11.9 Å². The Morgan fingerprint density at radius 2 is 2.09 bits per heavy atom. The number of esters is 1. The van der Waals surface area contributed by atoms with Crippen molar-refractivity contribution < 1.29 is 24.5 Å². The second kappa shape index (κ2) is 15.3. The monoisotopic (exact) mass is 611 g/mol. The number of phenolic OH excluding ortho intramolecular Hbond substituents is 1. The standard InChI is InChI=1S/C34H53N5O5/c1-5-33(21-38-32(35)37-4)14-10-25-7-6-13-34(22-36-3)20-27(12-16-39-34)44-31-18-24(8-9-29(31)42)17-28(25)30(43-23(2)40)19-26(41)11-15-33/h8-9,18,25-28,30,36,39,41-42H,5-7,11-13,15-17,19-22H2,1-4H3,(H3,35,37,38)/t25-,26+,27+,28+,30+,33-,34-/m1/s1. The highest BCUT2D eigenvalue weighted by atomic mass is 16.5. The third-order valence-corrected chi connectivity index (χ3v) is 9.88. The number of hydrogen-bond donors (Lipinski definition) is 6. The van der Waals surface area contributed by atoms with Gasteiger partial charge in [0.05, 0.1) is 6.10 Å². The smallest absolute Gasteiger partial charge is 0.302 e. The molecule has 1 aliphatic carbocycles. The Hall–Kier alpha value is -3.00. The average molecular weight is 612 g/mol. The number of nitrogens with two attached hydrogens (primary N) is 1. The van der Waals surface area contributed by atoms with Gasteiger partial charge in [-0.2, -0.15) is 0 Å². The molecule has 1 saturated heterocycles. The van der Waals surface area contributed by atoms with Gasteiger partial charge in [-0.25, -0.2) is 0 Å². The van der Waals surface area contributed by atoms with Gasteiger partial charge >= 0.3 is 5.97 Å². The number of nitrogens with one attached hydrogen (secondary N) is 3. The van der Waals surface area contributed by atoms with Gasteiger partial charge in [-0.3, -0.25) is 9.79 Å². The minimum Gasteiger partial charge on any atom is -0.504 e. The molecule has 1 fully saturated rings. The van der Waals surface area contributed by atoms with Gasteiger partial charge in [0.25, 0.3) is 0 Å². The first kappa shape index (κ1) is 33.9. The fraction of sp³-hybridized carbons (Fsp3) is 0.706. The highest BCUT2D eigenvalue weighted by molar-refractivity contribution is 5.77. The van der Waals surface area contributed by atoms with Crippen LogP contribution >= 0.6 is 0 Å². The van der Waals surface area contributed by atoms with E-state index in [0.717, 1.165) is 57.2 Å². The lowest BCUT2D eigenvalue weighted by Gasteiger charge is -2.42. The molecule has 0 saturated carbocycles. The van der Waals surface area contributed by atoms with Crippen LogP contribution in [0, 0.1) is 29.1 Å². The minimum atomic E-state index is -0.659. The Balaban J connectivity index is 1.81. The van der Waals surface area contributed by atoms with E-state index < -0.39 is 17.6 Å². The second-order valence-electron chi connectivity index (χ2n) is 13.1. The molecule has 0 unspecified atom stereocenters. The second-order valence-corrected chi connectivity index (χ2v) is 13.1. The number of benzene rings is 1. The number of rotatable bonds is 6. The minimum absolute atomic E-state index is 0.0206. The number of nitrogens with zero attached hydrogens (tertiary/aromatic N) is 1. The maximum Gasteiger partial charge on any atom is 0.302 e. The summed E-state index contributed by atoms with van der Waals surface area (Å²) in [6.45, 7) is 5.72. The summed E-state index contributed by atoms with van der Waals surface area (Å²) in [7, 11) is 3.63. The third-order valence-electron chi connectivity index (χ3n) is 9.88. The van der Waals surface area contributed by atoms with E-state index in [9.17, 15) is 15.0 Å². The molecular weight excluding hydrogens is 558 g/mol. The van der Waals surface area contributed by atoms with Gasteiger partial charge in [-0.1, -0.05) is 31.3 Å². The fourth-order valence-electron chi connectivity index (χ4n) is 7.30. The van der Waals surface area contributed by atoms with Gasteiger partial charge in [0, 0.05) is 62.7 Å². The van der Waals surface area contributed by atoms with Crippen LogP contribution < -0.4 is 26.4 Å². The largest absolute Gasteiger partial charge is 0.504 e. The Morgan fingerprint density at radius 3 is 2.82 bits per heavy atom. The lowest BCUT2D eigenvalue weighted by atomic mass is 9.73. The summed E-state index contributed by atoms with van der Waals surface area (Å²) in [5.74, 6) is 7.72. The topological polar surface area (TPSA) is 150 Å². The molecule has 1 aromatic rings. The first-order valence-corrected chi connectivity index (χ1v) is 16.3. The molecule has 1 aromatic carbocycles. The van der Waals surface area contributed by atoms with Crippen molar-refractivity contribution in [3.63, 3.8) is 0 Å². The van der Waals surface area contributed by atoms with Crippen LogP contribution in [0.2, 0.25) is 0 Å². The van der Waals surface area contributed by atoms with E-state index in [4.69, 9.17) is 15.2 Å². The van der Waals surface area contributed by atoms with Gasteiger partial charge in [-0.05, 0) is 76.2 Å². The number of guanidine groups is 1. The number of likely N-dealkylation sites (N-methyl/N-ethyl adjacent to an activating group) is 1. The van der Waals surface area contributed by atoms with Crippen molar-refractivity contribution in [3.8, 4) is 23.3 Å². The molecule has 3 aliphatic rings. The normalized spacial score (nSPS) is 33.0. The number of hydrogen-bond acceptors (Lipinski definition) is 8. The van der Waals surface area contributed by atoms with Gasteiger partial charge < -0.3 is 41.4 Å². The van der Waals surface area contributed by atoms with E-state index in [1.54, 1.807) is 13.1 Å². The number of aliphatic hydroxyl groups is 1. The first-order valence-electron chi connectivity index (χ1n) is 16.3. The maximum atomic E-state index is 12.4. The zero-order valence-corrected chi connectivity index (χ0v) is 27.0. The van der Waals surface area contributed by atoms with Crippen molar-refractivity contribution in [1.82, 2.24) is 16.0 Å². The van der Waals surface area contributed by atoms with Crippen molar-refractivity contribution in [2.24, 2.45) is 28.0 Å². The SMILES string of the molecule is CC[C@@]1(CNC(N)=NC)C#C[C@H]2CCC[C@]3(CNC)C[C@H](CCN3)Oc3cc(ccc3O)C[C@@H]2[C@@H](OC(C)=O)C[C@@H](O)CC1. The molecule has 244 valence electrons. The lowest BCUT2D eigenvalue weighted by molar-refractivity contribution is -0.152. The summed E-state index contributed by atoms with van der Waals surface area (Å²) < 4.78 is 12.5. The molecule has 0 aromatic heterocycles. The van der Waals surface area contributed by atoms with Crippen LogP contribution in [0.4, 0.5) is 0 Å². The molecule has 4 bridgehead atoms. The number of fused-ring (bicyclic) bond motifs is 5. The summed E-state index contributed by atoms with van der Waals surface area (Å²) in [6, 6.07) is 5.52. The first-order chi connectivity index (χ1) is 21.1. The zero-order valence-electron chi connectivity index (χ0n) is 27.0. The zero-order chi connectivity index (χ0) is 31.7. The number of ether oxygens (including phenoxy) is 2. The van der Waals surface area contributed by atoms with Crippen LogP contribution in [0.1, 0.15) is 77.2 Å². The van der Waals surface area contributed by atoms with Gasteiger partial charge in [0.15, 0.2) is 17.5 Å². The van der Waals surface area contributed by atoms with Crippen molar-refractivity contribution in [2.45, 2.75) is 102 Å². The fourth-order valence-corrected chi connectivity index (χ4v) is 7.30. The number of aliphatic hydroxyl groups excluding tert-OH is 1. The Labute approximate surface area is 262 Å². The molecule has 0 radical (unpaired) electrons. The van der Waals surface area contributed by atoms with Crippen LogP contribution in [0.25, 0.3) is 0 Å². The summed E-state index contributed by atoms with van der Waals surface area (Å²) in [5, 5.41) is 32.5. The number of carbonyl (C=O) groups is 1. The van der Waals surface area contributed by atoms with Gasteiger partial charge in [-0.15, -0.1) is 0 Å². The number of phenols is 1. The molecular formula is C34H53N5O5. The molecule has 7 N–H and O–H groups in total. The number of aromatic hydroxyl groups is 1. The van der Waals surface area contributed by atoms with Gasteiger partial charge in [0.2, 0.25) is 0 Å². The van der Waals surface area contributed by atoms with E-state index in [0.29, 0.717) is 43.9 Å². The summed E-state index contributed by atoms with van der Waals surface area (Å²) >= 11 is 0. The molecule has 44 heavy (non-hydrogen) atoms. The van der Waals surface area contributed by atoms with E-state index in [1.807, 2.05) is 19.2 Å². The van der Waals surface area contributed by atoms with Crippen LogP contribution in [0.15, 0.2) is 23.2 Å². The van der Waals surface area contributed by atoms with Crippen LogP contribution in [0.3, 0.4) is 0 Å². The Bertz CT molecular complexity index is 1210. The Morgan fingerprint density at radius 1 is 1.27 bits per heavy atom. The van der Waals surface area contributed by atoms with Crippen LogP contribution in [-0.4, -0.2) is 79.7 Å². The molecule has 10 heteroatoms. The lowest BCUT2D eigenvalue weighted by Crippen LogP contribution is -2.58. The Kier molecular flexibility index (Phi) is 11.8. The predicted molar refractivity (Wildman–Crippen MR) is 172 cm³/mol. The molecule has 7 atom stereocenters. The number of piperidine rings is 1. The van der Waals surface area contributed by atoms with Crippen LogP contribution in [0.5, 0.6) is 11.5 Å². The summed E-state index contributed by atoms with van der Waals surface area (Å²) in [5.41, 5.74) is 6.43. The molecule has 10 nitrogen and oxygen atoms in total. The summed E-state index contributed by atoms with van der Waals surface area (Å²) in [4.78, 5) is 16.5. The number of aliphatic imine (C=N–C) groups is 1. The molecule has 0 spiro atoms. The van der Waals surface area contributed by atoms with Gasteiger partial charge in [0.1, 0.15) is 12.2 Å². The van der Waals surface area contributed by atoms with E-state index >= 15 is 0 Å². The molecule has 4 rings (SSSR count). The highest BCUT2D eigenvalue weighted by Gasteiger charge is 2.39. The highest BCUT2D eigenvalue weighted by Crippen LogP contribution is 2.39. The predicted octanol–water partition coefficient (Wildman–Crippen LogP) is 2.85. The molecule has 2 aliphatic heterocycles. The van der Waals surface area contributed by atoms with Crippen molar-refractivity contribution in [1.29, 1.82) is 0 Å². The average Bonchev–Trinajstić information content (AvgIpc) is 2.99. The van der Waals surface area contributed by atoms with E-state index in [-0.39, 0.29) is 35.2 Å². The maximum absolute atomic E-state index is 12.4. The van der Waals surface area contributed by atoms with E-state index in [1.165, 1.54) is 6.92 Å². The number of carbonyl (C=O) groups excluding carboxylic acids is 1.